The monoisotopic (exact) mass is 519 g/mol. The zero-order valence-corrected chi connectivity index (χ0v) is 22.4. The van der Waals surface area contributed by atoms with Crippen LogP contribution in [0.5, 0.6) is 0 Å². The third-order valence-corrected chi connectivity index (χ3v) is 7.12. The third kappa shape index (κ3) is 7.52. The molecule has 4 atom stereocenters. The predicted octanol–water partition coefficient (Wildman–Crippen LogP) is 0.167. The van der Waals surface area contributed by atoms with E-state index in [2.05, 4.69) is 21.3 Å². The first-order valence-corrected chi connectivity index (χ1v) is 13.5. The Morgan fingerprint density at radius 1 is 1.03 bits per heavy atom. The van der Waals surface area contributed by atoms with Crippen LogP contribution in [-0.4, -0.2) is 77.5 Å². The van der Waals surface area contributed by atoms with E-state index in [0.717, 1.165) is 12.8 Å². The summed E-state index contributed by atoms with van der Waals surface area (Å²) in [6, 6.07) is -2.81. The summed E-state index contributed by atoms with van der Waals surface area (Å²) in [6.07, 6.45) is 4.24. The van der Waals surface area contributed by atoms with E-state index in [-0.39, 0.29) is 24.3 Å². The maximum absolute atomic E-state index is 13.3. The summed E-state index contributed by atoms with van der Waals surface area (Å²) in [4.78, 5) is 78.5. The number of hydrogen-bond donors (Lipinski definition) is 4. The minimum atomic E-state index is -1.18. The largest absolute Gasteiger partial charge is 0.356 e. The topological polar surface area (TPSA) is 154 Å². The van der Waals surface area contributed by atoms with Crippen LogP contribution in [0.1, 0.15) is 79.1 Å². The Bertz CT molecular complexity index is 925. The molecule has 37 heavy (non-hydrogen) atoms. The molecule has 5 amide bonds. The van der Waals surface area contributed by atoms with Crippen LogP contribution in [0.2, 0.25) is 0 Å². The maximum Gasteiger partial charge on any atom is 0.289 e. The quantitative estimate of drug-likeness (QED) is 0.285. The van der Waals surface area contributed by atoms with Gasteiger partial charge >= 0.3 is 0 Å². The molecule has 0 aromatic carbocycles. The van der Waals surface area contributed by atoms with Gasteiger partial charge in [0.05, 0.1) is 6.04 Å². The summed E-state index contributed by atoms with van der Waals surface area (Å²) >= 11 is 0. The van der Waals surface area contributed by atoms with E-state index in [1.165, 1.54) is 0 Å². The van der Waals surface area contributed by atoms with E-state index in [4.69, 9.17) is 0 Å². The number of hydrogen-bond acceptors (Lipinski definition) is 6. The SMILES string of the molecule is CCC[C@H](NC(=O)[C@H]1CCCN1C(=O)C(C)(C)C)C(=O)N[C@@H](C[C@@H]1CCNC1=O)C(=O)C(=O)NC1CC1. The number of Topliss-reactive ketones (excluding diaryl/α,β-unsaturated/α-hetero) is 1. The molecule has 3 rings (SSSR count). The lowest BCUT2D eigenvalue weighted by atomic mass is 9.94. The highest BCUT2D eigenvalue weighted by Gasteiger charge is 2.40. The number of amides is 5. The lowest BCUT2D eigenvalue weighted by Crippen LogP contribution is -2.57. The summed E-state index contributed by atoms with van der Waals surface area (Å²) in [7, 11) is 0. The second-order valence-corrected chi connectivity index (χ2v) is 11.4. The highest BCUT2D eigenvalue weighted by Crippen LogP contribution is 2.26. The predicted molar refractivity (Wildman–Crippen MR) is 135 cm³/mol. The van der Waals surface area contributed by atoms with Gasteiger partial charge in [0, 0.05) is 30.5 Å². The first-order chi connectivity index (χ1) is 17.4. The fraction of sp³-hybridized carbons (Fsp3) is 0.769. The van der Waals surface area contributed by atoms with Crippen LogP contribution >= 0.6 is 0 Å². The Labute approximate surface area is 218 Å². The molecule has 3 aliphatic rings. The number of carbonyl (C=O) groups excluding carboxylic acids is 6. The van der Waals surface area contributed by atoms with Gasteiger partial charge in [0.25, 0.3) is 5.91 Å². The average Bonchev–Trinajstić information content (AvgIpc) is 3.34. The van der Waals surface area contributed by atoms with E-state index in [0.29, 0.717) is 45.2 Å². The van der Waals surface area contributed by atoms with Crippen LogP contribution in [0.25, 0.3) is 0 Å². The van der Waals surface area contributed by atoms with E-state index < -0.39 is 53.0 Å². The van der Waals surface area contributed by atoms with Crippen LogP contribution in [-0.2, 0) is 28.8 Å². The molecule has 0 aromatic rings. The molecule has 206 valence electrons. The maximum atomic E-state index is 13.3. The van der Waals surface area contributed by atoms with E-state index in [9.17, 15) is 28.8 Å². The summed E-state index contributed by atoms with van der Waals surface area (Å²) in [6.45, 7) is 8.23. The van der Waals surface area contributed by atoms with Gasteiger partial charge in [-0.2, -0.15) is 0 Å². The highest BCUT2D eigenvalue weighted by atomic mass is 16.2. The summed E-state index contributed by atoms with van der Waals surface area (Å²) in [5.74, 6) is -3.38. The fourth-order valence-electron chi connectivity index (χ4n) is 4.84. The minimum absolute atomic E-state index is 0.0117. The van der Waals surface area contributed by atoms with Crippen molar-refractivity contribution in [1.82, 2.24) is 26.2 Å². The van der Waals surface area contributed by atoms with Crippen molar-refractivity contribution in [1.29, 1.82) is 0 Å². The smallest absolute Gasteiger partial charge is 0.289 e. The molecule has 4 N–H and O–H groups in total. The first kappa shape index (κ1) is 28.6. The normalized spacial score (nSPS) is 23.1. The number of ketones is 1. The Hall–Kier alpha value is -2.98. The van der Waals surface area contributed by atoms with Gasteiger partial charge in [0.15, 0.2) is 0 Å². The molecule has 2 heterocycles. The number of nitrogens with one attached hydrogen (secondary N) is 4. The molecule has 0 unspecified atom stereocenters. The lowest BCUT2D eigenvalue weighted by molar-refractivity contribution is -0.145. The zero-order valence-electron chi connectivity index (χ0n) is 22.4. The molecule has 3 fully saturated rings. The molecule has 0 bridgehead atoms. The van der Waals surface area contributed by atoms with Crippen molar-refractivity contribution in [3.63, 3.8) is 0 Å². The summed E-state index contributed by atoms with van der Waals surface area (Å²) in [5.41, 5.74) is -0.635. The second kappa shape index (κ2) is 12.0. The first-order valence-electron chi connectivity index (χ1n) is 13.5. The molecule has 11 heteroatoms. The molecule has 0 radical (unpaired) electrons. The Morgan fingerprint density at radius 3 is 2.30 bits per heavy atom. The molecule has 1 aliphatic carbocycles. The van der Waals surface area contributed by atoms with Gasteiger partial charge in [-0.15, -0.1) is 0 Å². The minimum Gasteiger partial charge on any atom is -0.356 e. The van der Waals surface area contributed by atoms with Gasteiger partial charge in [-0.3, -0.25) is 28.8 Å². The van der Waals surface area contributed by atoms with Gasteiger partial charge in [-0.25, -0.2) is 0 Å². The molecular weight excluding hydrogens is 478 g/mol. The molecule has 11 nitrogen and oxygen atoms in total. The summed E-state index contributed by atoms with van der Waals surface area (Å²) in [5, 5.41) is 10.8. The van der Waals surface area contributed by atoms with Crippen molar-refractivity contribution < 1.29 is 28.8 Å². The zero-order chi connectivity index (χ0) is 27.3. The summed E-state index contributed by atoms with van der Waals surface area (Å²) < 4.78 is 0. The Morgan fingerprint density at radius 2 is 1.73 bits per heavy atom. The highest BCUT2D eigenvalue weighted by molar-refractivity contribution is 6.38. The number of likely N-dealkylation sites (tertiary alicyclic amines) is 1. The Kier molecular flexibility index (Phi) is 9.31. The molecular formula is C26H41N5O6. The second-order valence-electron chi connectivity index (χ2n) is 11.4. The van der Waals surface area contributed by atoms with Crippen LogP contribution in [0.4, 0.5) is 0 Å². The van der Waals surface area contributed by atoms with Crippen molar-refractivity contribution >= 4 is 35.3 Å². The van der Waals surface area contributed by atoms with Crippen molar-refractivity contribution in [3.05, 3.63) is 0 Å². The Balaban J connectivity index is 1.70. The molecule has 2 saturated heterocycles. The van der Waals surface area contributed by atoms with E-state index in [1.807, 2.05) is 6.92 Å². The van der Waals surface area contributed by atoms with E-state index >= 15 is 0 Å². The van der Waals surface area contributed by atoms with Crippen LogP contribution in [0, 0.1) is 11.3 Å². The lowest BCUT2D eigenvalue weighted by Gasteiger charge is -2.31. The number of carbonyl (C=O) groups is 6. The van der Waals surface area contributed by atoms with Gasteiger partial charge in [-0.05, 0) is 44.9 Å². The third-order valence-electron chi connectivity index (χ3n) is 7.12. The van der Waals surface area contributed by atoms with Crippen molar-refractivity contribution in [2.75, 3.05) is 13.1 Å². The fourth-order valence-corrected chi connectivity index (χ4v) is 4.84. The van der Waals surface area contributed by atoms with Crippen molar-refractivity contribution in [2.45, 2.75) is 103 Å². The average molecular weight is 520 g/mol. The molecule has 2 aliphatic heterocycles. The van der Waals surface area contributed by atoms with Crippen molar-refractivity contribution in [3.8, 4) is 0 Å². The van der Waals surface area contributed by atoms with Crippen molar-refractivity contribution in [2.24, 2.45) is 11.3 Å². The van der Waals surface area contributed by atoms with Gasteiger partial charge < -0.3 is 26.2 Å². The van der Waals surface area contributed by atoms with Crippen LogP contribution < -0.4 is 21.3 Å². The molecule has 0 aromatic heterocycles. The van der Waals surface area contributed by atoms with Gasteiger partial charge in [0.1, 0.15) is 12.1 Å². The molecule has 1 saturated carbocycles. The number of nitrogens with zero attached hydrogens (tertiary/aromatic N) is 1. The van der Waals surface area contributed by atoms with Crippen LogP contribution in [0.15, 0.2) is 0 Å². The van der Waals surface area contributed by atoms with Crippen LogP contribution in [0.3, 0.4) is 0 Å². The number of rotatable bonds is 11. The standard InChI is InChI=1S/C26H41N5O6/c1-5-7-17(29-23(35)19-8-6-13-31(19)25(37)26(2,3)4)22(34)30-18(14-15-11-12-27-21(15)33)20(32)24(36)28-16-9-10-16/h15-19H,5-14H2,1-4H3,(H,27,33)(H,28,36)(H,29,35)(H,30,34)/t15-,17-,18-,19+/m0/s1. The van der Waals surface area contributed by atoms with E-state index in [1.54, 1.807) is 25.7 Å². The molecule has 0 spiro atoms. The van der Waals surface area contributed by atoms with Gasteiger partial charge in [-0.1, -0.05) is 34.1 Å². The van der Waals surface area contributed by atoms with Gasteiger partial charge in [0.2, 0.25) is 29.4 Å².